The Kier molecular flexibility index (Phi) is 12.2. The van der Waals surface area contributed by atoms with E-state index in [0.717, 1.165) is 36.8 Å². The molecule has 196 valence electrons. The van der Waals surface area contributed by atoms with Gasteiger partial charge in [-0.1, -0.05) is 32.8 Å². The van der Waals surface area contributed by atoms with E-state index in [9.17, 15) is 4.57 Å². The summed E-state index contributed by atoms with van der Waals surface area (Å²) < 4.78 is 52.1. The van der Waals surface area contributed by atoms with Crippen LogP contribution in [0.3, 0.4) is 0 Å². The second-order valence-electron chi connectivity index (χ2n) is 7.93. The predicted octanol–water partition coefficient (Wildman–Crippen LogP) is 6.63. The van der Waals surface area contributed by atoms with Crippen LogP contribution in [0.15, 0.2) is 30.3 Å². The maximum Gasteiger partial charge on any atom is 0.530 e. The summed E-state index contributed by atoms with van der Waals surface area (Å²) in [5, 5.41) is 0. The van der Waals surface area contributed by atoms with Crippen molar-refractivity contribution in [2.45, 2.75) is 52.4 Å². The van der Waals surface area contributed by atoms with E-state index in [2.05, 4.69) is 0 Å². The Hall–Kier alpha value is -2.41. The molecule has 0 bridgehead atoms. The average molecular weight is 511 g/mol. The van der Waals surface area contributed by atoms with Gasteiger partial charge in [-0.2, -0.15) is 0 Å². The number of methoxy groups -OCH3 is 4. The van der Waals surface area contributed by atoms with E-state index in [0.29, 0.717) is 54.8 Å². The van der Waals surface area contributed by atoms with Gasteiger partial charge in [-0.3, -0.25) is 9.05 Å². The highest BCUT2D eigenvalue weighted by atomic mass is 31.2. The van der Waals surface area contributed by atoms with Crippen molar-refractivity contribution < 1.29 is 37.1 Å². The molecular weight excluding hydrogens is 471 g/mol. The zero-order valence-corrected chi connectivity index (χ0v) is 22.7. The molecule has 0 spiro atoms. The van der Waals surface area contributed by atoms with Crippen LogP contribution in [0.1, 0.15) is 50.7 Å². The standard InChI is InChI=1S/C26H39O8P/c1-7-9-15-32-35(27,33-16-10-8-2)34-23-17-20(13-14-22(23)28-3)11-12-21-18-24(29-4)26(31-6)25(19-21)30-5/h13-14,17-19H,7-12,15-16H2,1-6H3. The highest BCUT2D eigenvalue weighted by Gasteiger charge is 2.30. The lowest BCUT2D eigenvalue weighted by molar-refractivity contribution is 0.151. The molecule has 8 nitrogen and oxygen atoms in total. The van der Waals surface area contributed by atoms with Gasteiger partial charge in [0.1, 0.15) is 0 Å². The van der Waals surface area contributed by atoms with Crippen LogP contribution in [-0.4, -0.2) is 41.7 Å². The van der Waals surface area contributed by atoms with E-state index < -0.39 is 7.82 Å². The largest absolute Gasteiger partial charge is 0.530 e. The van der Waals surface area contributed by atoms with E-state index >= 15 is 0 Å². The van der Waals surface area contributed by atoms with E-state index in [-0.39, 0.29) is 0 Å². The first-order valence-electron chi connectivity index (χ1n) is 12.0. The van der Waals surface area contributed by atoms with Crippen molar-refractivity contribution in [2.75, 3.05) is 41.7 Å². The number of unbranched alkanes of at least 4 members (excludes halogenated alkanes) is 2. The predicted molar refractivity (Wildman–Crippen MR) is 136 cm³/mol. The Morgan fingerprint density at radius 3 is 1.66 bits per heavy atom. The molecule has 2 rings (SSSR count). The monoisotopic (exact) mass is 510 g/mol. The van der Waals surface area contributed by atoms with E-state index in [1.807, 2.05) is 38.1 Å². The fourth-order valence-corrected chi connectivity index (χ4v) is 4.64. The molecule has 9 heteroatoms. The Labute approximate surface area is 209 Å². The molecule has 0 aliphatic rings. The third-order valence-electron chi connectivity index (χ3n) is 5.36. The summed E-state index contributed by atoms with van der Waals surface area (Å²) in [5.74, 6) is 2.55. The Bertz CT molecular complexity index is 923. The summed E-state index contributed by atoms with van der Waals surface area (Å²) in [5.41, 5.74) is 2.00. The summed E-state index contributed by atoms with van der Waals surface area (Å²) in [7, 11) is 2.51. The van der Waals surface area contributed by atoms with Crippen LogP contribution in [-0.2, 0) is 26.5 Å². The minimum absolute atomic E-state index is 0.295. The molecule has 0 aliphatic carbocycles. The van der Waals surface area contributed by atoms with Crippen LogP contribution < -0.4 is 23.5 Å². The average Bonchev–Trinajstić information content (AvgIpc) is 2.87. The van der Waals surface area contributed by atoms with Gasteiger partial charge in [0.15, 0.2) is 23.0 Å². The molecular formula is C26H39O8P. The zero-order valence-electron chi connectivity index (χ0n) is 21.8. The third-order valence-corrected chi connectivity index (χ3v) is 6.78. The smallest absolute Gasteiger partial charge is 0.493 e. The highest BCUT2D eigenvalue weighted by Crippen LogP contribution is 2.52. The van der Waals surface area contributed by atoms with E-state index in [4.69, 9.17) is 32.5 Å². The summed E-state index contributed by atoms with van der Waals surface area (Å²) >= 11 is 0. The van der Waals surface area contributed by atoms with Crippen LogP contribution in [0, 0.1) is 0 Å². The van der Waals surface area contributed by atoms with Crippen LogP contribution in [0.25, 0.3) is 0 Å². The van der Waals surface area contributed by atoms with Gasteiger partial charge in [-0.25, -0.2) is 4.57 Å². The maximum atomic E-state index is 13.3. The van der Waals surface area contributed by atoms with Crippen molar-refractivity contribution >= 4 is 7.82 Å². The maximum absolute atomic E-state index is 13.3. The SMILES string of the molecule is CCCCOP(=O)(OCCCC)Oc1cc(CCc2cc(OC)c(OC)c(OC)c2)ccc1OC. The first-order chi connectivity index (χ1) is 16.9. The topological polar surface area (TPSA) is 81.7 Å². The van der Waals surface area contributed by atoms with Gasteiger partial charge in [0.25, 0.3) is 0 Å². The Morgan fingerprint density at radius 1 is 0.657 bits per heavy atom. The van der Waals surface area contributed by atoms with Crippen molar-refractivity contribution in [1.29, 1.82) is 0 Å². The van der Waals surface area contributed by atoms with E-state index in [1.54, 1.807) is 34.5 Å². The fraction of sp³-hybridized carbons (Fsp3) is 0.538. The van der Waals surface area contributed by atoms with Crippen LogP contribution >= 0.6 is 7.82 Å². The number of benzene rings is 2. The molecule has 2 aromatic carbocycles. The Morgan fingerprint density at radius 2 is 1.17 bits per heavy atom. The fourth-order valence-electron chi connectivity index (χ4n) is 3.37. The molecule has 0 radical (unpaired) electrons. The number of aryl methyl sites for hydroxylation is 2. The molecule has 2 aromatic rings. The summed E-state index contributed by atoms with van der Waals surface area (Å²) in [6.45, 7) is 4.66. The summed E-state index contributed by atoms with van der Waals surface area (Å²) in [6, 6.07) is 9.42. The normalized spacial score (nSPS) is 11.3. The van der Waals surface area contributed by atoms with Crippen LogP contribution in [0.5, 0.6) is 28.7 Å². The van der Waals surface area contributed by atoms with Crippen molar-refractivity contribution in [2.24, 2.45) is 0 Å². The van der Waals surface area contributed by atoms with E-state index in [1.165, 1.54) is 0 Å². The Balaban J connectivity index is 2.23. The van der Waals surface area contributed by atoms with Gasteiger partial charge < -0.3 is 23.5 Å². The lowest BCUT2D eigenvalue weighted by atomic mass is 10.0. The second kappa shape index (κ2) is 14.9. The van der Waals surface area contributed by atoms with Crippen LogP contribution in [0.2, 0.25) is 0 Å². The molecule has 0 saturated carbocycles. The number of hydrogen-bond donors (Lipinski definition) is 0. The molecule has 0 unspecified atom stereocenters. The number of hydrogen-bond acceptors (Lipinski definition) is 8. The van der Waals surface area contributed by atoms with Gasteiger partial charge in [-0.15, -0.1) is 0 Å². The minimum atomic E-state index is -3.80. The number of phosphoric ester groups is 1. The number of ether oxygens (including phenoxy) is 4. The molecule has 0 aliphatic heterocycles. The molecule has 0 heterocycles. The van der Waals surface area contributed by atoms with Crippen molar-refractivity contribution in [3.63, 3.8) is 0 Å². The lowest BCUT2D eigenvalue weighted by Crippen LogP contribution is -2.06. The van der Waals surface area contributed by atoms with Crippen molar-refractivity contribution in [3.8, 4) is 28.7 Å². The number of phosphoric acid groups is 1. The second-order valence-corrected chi connectivity index (χ2v) is 9.52. The molecule has 0 atom stereocenters. The molecule has 0 amide bonds. The molecule has 0 N–H and O–H groups in total. The van der Waals surface area contributed by atoms with Gasteiger partial charge >= 0.3 is 7.82 Å². The van der Waals surface area contributed by atoms with Gasteiger partial charge in [0, 0.05) is 0 Å². The lowest BCUT2D eigenvalue weighted by Gasteiger charge is -2.20. The van der Waals surface area contributed by atoms with Crippen molar-refractivity contribution in [3.05, 3.63) is 41.5 Å². The summed E-state index contributed by atoms with van der Waals surface area (Å²) in [6.07, 6.45) is 4.74. The first kappa shape index (κ1) is 28.8. The van der Waals surface area contributed by atoms with Crippen molar-refractivity contribution in [1.82, 2.24) is 0 Å². The number of rotatable bonds is 17. The summed E-state index contributed by atoms with van der Waals surface area (Å²) in [4.78, 5) is 0. The van der Waals surface area contributed by atoms with Gasteiger partial charge in [0.05, 0.1) is 41.7 Å². The van der Waals surface area contributed by atoms with Gasteiger partial charge in [0.2, 0.25) is 5.75 Å². The first-order valence-corrected chi connectivity index (χ1v) is 13.4. The molecule has 0 saturated heterocycles. The highest BCUT2D eigenvalue weighted by molar-refractivity contribution is 7.48. The zero-order chi connectivity index (χ0) is 25.7. The van der Waals surface area contributed by atoms with Crippen LogP contribution in [0.4, 0.5) is 0 Å². The molecule has 0 aromatic heterocycles. The molecule has 35 heavy (non-hydrogen) atoms. The van der Waals surface area contributed by atoms with Gasteiger partial charge in [-0.05, 0) is 61.1 Å². The molecule has 0 fully saturated rings. The third kappa shape index (κ3) is 8.64. The quantitative estimate of drug-likeness (QED) is 0.173. The minimum Gasteiger partial charge on any atom is -0.493 e.